The highest BCUT2D eigenvalue weighted by Crippen LogP contribution is 2.33. The van der Waals surface area contributed by atoms with Crippen molar-refractivity contribution < 1.29 is 23.1 Å². The summed E-state index contributed by atoms with van der Waals surface area (Å²) in [5.74, 6) is 0.840. The van der Waals surface area contributed by atoms with Crippen LogP contribution in [-0.4, -0.2) is 26.4 Å². The Bertz CT molecular complexity index is 921. The summed E-state index contributed by atoms with van der Waals surface area (Å²) in [6.45, 7) is 1.36. The standard InChI is InChI=1S/C17H13F3N4O2/c1-3-16(26,10-24-9-11(2)8-22-24)15(25)23-13-5-4-12(7-21)14(6-13)17(18,19)20/h1,4-6,8-9,26H,10H2,2H3,(H,23,25)/t16-/m0/s1. The first kappa shape index (κ1) is 19.0. The van der Waals surface area contributed by atoms with E-state index in [0.717, 1.165) is 17.7 Å². The lowest BCUT2D eigenvalue weighted by molar-refractivity contribution is -0.137. The maximum atomic E-state index is 13.0. The van der Waals surface area contributed by atoms with Crippen LogP contribution in [0.3, 0.4) is 0 Å². The van der Waals surface area contributed by atoms with Crippen molar-refractivity contribution in [2.24, 2.45) is 0 Å². The fourth-order valence-electron chi connectivity index (χ4n) is 2.16. The summed E-state index contributed by atoms with van der Waals surface area (Å²) in [4.78, 5) is 12.3. The SMILES string of the molecule is C#C[C@](O)(Cn1cc(C)cn1)C(=O)Nc1ccc(C#N)c(C(F)(F)F)c1. The predicted octanol–water partition coefficient (Wildman–Crippen LogP) is 2.08. The van der Waals surface area contributed by atoms with E-state index in [-0.39, 0.29) is 12.2 Å². The van der Waals surface area contributed by atoms with Gasteiger partial charge in [-0.15, -0.1) is 6.42 Å². The third kappa shape index (κ3) is 4.02. The number of amides is 1. The summed E-state index contributed by atoms with van der Waals surface area (Å²) < 4.78 is 40.2. The average Bonchev–Trinajstić information content (AvgIpc) is 2.98. The normalized spacial score (nSPS) is 13.3. The van der Waals surface area contributed by atoms with Gasteiger partial charge in [0.25, 0.3) is 5.91 Å². The van der Waals surface area contributed by atoms with Crippen molar-refractivity contribution in [2.75, 3.05) is 5.32 Å². The monoisotopic (exact) mass is 362 g/mol. The number of nitriles is 1. The molecule has 0 aliphatic heterocycles. The minimum absolute atomic E-state index is 0.258. The van der Waals surface area contributed by atoms with Gasteiger partial charge in [-0.2, -0.15) is 23.5 Å². The van der Waals surface area contributed by atoms with Crippen LogP contribution >= 0.6 is 0 Å². The molecule has 0 saturated heterocycles. The highest BCUT2D eigenvalue weighted by Gasteiger charge is 2.37. The number of aryl methyl sites for hydroxylation is 1. The molecule has 0 aliphatic carbocycles. The second kappa shape index (κ2) is 6.90. The minimum Gasteiger partial charge on any atom is -0.368 e. The van der Waals surface area contributed by atoms with Crippen LogP contribution in [0, 0.1) is 30.6 Å². The van der Waals surface area contributed by atoms with Gasteiger partial charge in [0, 0.05) is 11.9 Å². The molecular weight excluding hydrogens is 349 g/mol. The lowest BCUT2D eigenvalue weighted by Gasteiger charge is -2.21. The van der Waals surface area contributed by atoms with Crippen LogP contribution in [0.15, 0.2) is 30.6 Å². The van der Waals surface area contributed by atoms with E-state index < -0.39 is 28.8 Å². The molecule has 9 heteroatoms. The lowest BCUT2D eigenvalue weighted by atomic mass is 10.0. The number of nitrogens with one attached hydrogen (secondary N) is 1. The molecule has 0 spiro atoms. The second-order valence-electron chi connectivity index (χ2n) is 5.54. The number of carbonyl (C=O) groups excluding carboxylic acids is 1. The molecule has 1 aromatic heterocycles. The number of hydrogen-bond acceptors (Lipinski definition) is 4. The van der Waals surface area contributed by atoms with Crippen molar-refractivity contribution in [3.05, 3.63) is 47.3 Å². The first-order valence-electron chi connectivity index (χ1n) is 7.21. The Morgan fingerprint density at radius 1 is 1.46 bits per heavy atom. The number of carbonyl (C=O) groups is 1. The van der Waals surface area contributed by atoms with Crippen molar-refractivity contribution in [1.29, 1.82) is 5.26 Å². The third-order valence-electron chi connectivity index (χ3n) is 3.47. The summed E-state index contributed by atoms with van der Waals surface area (Å²) in [7, 11) is 0. The Labute approximate surface area is 146 Å². The fourth-order valence-corrected chi connectivity index (χ4v) is 2.16. The number of aromatic nitrogens is 2. The molecule has 1 heterocycles. The van der Waals surface area contributed by atoms with E-state index in [4.69, 9.17) is 11.7 Å². The van der Waals surface area contributed by atoms with E-state index in [1.807, 2.05) is 5.92 Å². The lowest BCUT2D eigenvalue weighted by Crippen LogP contribution is -2.45. The van der Waals surface area contributed by atoms with Crippen molar-refractivity contribution in [2.45, 2.75) is 25.2 Å². The van der Waals surface area contributed by atoms with Gasteiger partial charge in [0.15, 0.2) is 0 Å². The molecule has 0 radical (unpaired) electrons. The van der Waals surface area contributed by atoms with Gasteiger partial charge < -0.3 is 10.4 Å². The summed E-state index contributed by atoms with van der Waals surface area (Å²) in [6, 6.07) is 4.07. The molecule has 0 unspecified atom stereocenters. The number of halogens is 3. The molecule has 0 saturated carbocycles. The molecule has 1 amide bonds. The van der Waals surface area contributed by atoms with Crippen LogP contribution in [-0.2, 0) is 17.5 Å². The molecule has 6 nitrogen and oxygen atoms in total. The zero-order valence-electron chi connectivity index (χ0n) is 13.5. The topological polar surface area (TPSA) is 90.9 Å². The molecule has 0 aliphatic rings. The molecule has 1 aromatic carbocycles. The van der Waals surface area contributed by atoms with E-state index in [9.17, 15) is 23.1 Å². The van der Waals surface area contributed by atoms with Crippen LogP contribution in [0.5, 0.6) is 0 Å². The summed E-state index contributed by atoms with van der Waals surface area (Å²) in [5.41, 5.74) is -3.61. The Balaban J connectivity index is 2.28. The van der Waals surface area contributed by atoms with Crippen LogP contribution < -0.4 is 5.32 Å². The van der Waals surface area contributed by atoms with E-state index in [0.29, 0.717) is 6.07 Å². The Hall–Kier alpha value is -3.30. The molecule has 26 heavy (non-hydrogen) atoms. The fraction of sp³-hybridized carbons (Fsp3) is 0.235. The predicted molar refractivity (Wildman–Crippen MR) is 85.5 cm³/mol. The Morgan fingerprint density at radius 3 is 2.65 bits per heavy atom. The molecule has 0 bridgehead atoms. The van der Waals surface area contributed by atoms with E-state index in [2.05, 4.69) is 10.4 Å². The number of rotatable bonds is 4. The quantitative estimate of drug-likeness (QED) is 0.815. The maximum Gasteiger partial charge on any atom is 0.417 e. The first-order chi connectivity index (χ1) is 12.1. The minimum atomic E-state index is -4.78. The van der Waals surface area contributed by atoms with Gasteiger partial charge in [-0.1, -0.05) is 5.92 Å². The maximum absolute atomic E-state index is 13.0. The largest absolute Gasteiger partial charge is 0.417 e. The van der Waals surface area contributed by atoms with E-state index in [1.54, 1.807) is 13.1 Å². The second-order valence-corrected chi connectivity index (χ2v) is 5.54. The van der Waals surface area contributed by atoms with Crippen molar-refractivity contribution in [3.8, 4) is 18.4 Å². The third-order valence-corrected chi connectivity index (χ3v) is 3.47. The Morgan fingerprint density at radius 2 is 2.15 bits per heavy atom. The number of terminal acetylenes is 1. The van der Waals surface area contributed by atoms with Gasteiger partial charge in [0.1, 0.15) is 0 Å². The molecule has 134 valence electrons. The zero-order chi connectivity index (χ0) is 19.5. The summed E-state index contributed by atoms with van der Waals surface area (Å²) in [6.07, 6.45) is 3.49. The van der Waals surface area contributed by atoms with Crippen molar-refractivity contribution >= 4 is 11.6 Å². The van der Waals surface area contributed by atoms with Gasteiger partial charge >= 0.3 is 6.18 Å². The van der Waals surface area contributed by atoms with Crippen LogP contribution in [0.1, 0.15) is 16.7 Å². The van der Waals surface area contributed by atoms with Gasteiger partial charge in [0.05, 0.1) is 29.9 Å². The first-order valence-corrected chi connectivity index (χ1v) is 7.21. The Kier molecular flexibility index (Phi) is 5.05. The summed E-state index contributed by atoms with van der Waals surface area (Å²) in [5, 5.41) is 25.2. The summed E-state index contributed by atoms with van der Waals surface area (Å²) >= 11 is 0. The molecule has 1 atom stereocenters. The van der Waals surface area contributed by atoms with E-state index in [1.165, 1.54) is 16.9 Å². The molecule has 0 fully saturated rings. The average molecular weight is 362 g/mol. The van der Waals surface area contributed by atoms with Crippen molar-refractivity contribution in [1.82, 2.24) is 9.78 Å². The molecule has 2 rings (SSSR count). The zero-order valence-corrected chi connectivity index (χ0v) is 13.5. The highest BCUT2D eigenvalue weighted by atomic mass is 19.4. The van der Waals surface area contributed by atoms with Gasteiger partial charge in [-0.05, 0) is 30.7 Å². The number of anilines is 1. The number of hydrogen-bond donors (Lipinski definition) is 2. The number of nitrogens with zero attached hydrogens (tertiary/aromatic N) is 3. The molecule has 2 N–H and O–H groups in total. The molecular formula is C17H13F3N4O2. The van der Waals surface area contributed by atoms with Gasteiger partial charge in [0.2, 0.25) is 5.60 Å². The van der Waals surface area contributed by atoms with Gasteiger partial charge in [-0.25, -0.2) is 0 Å². The number of alkyl halides is 3. The van der Waals surface area contributed by atoms with E-state index >= 15 is 0 Å². The number of aliphatic hydroxyl groups is 1. The van der Waals surface area contributed by atoms with Gasteiger partial charge in [-0.3, -0.25) is 9.48 Å². The van der Waals surface area contributed by atoms with Crippen LogP contribution in [0.25, 0.3) is 0 Å². The number of benzene rings is 1. The molecule has 2 aromatic rings. The van der Waals surface area contributed by atoms with Crippen LogP contribution in [0.4, 0.5) is 18.9 Å². The van der Waals surface area contributed by atoms with Crippen molar-refractivity contribution in [3.63, 3.8) is 0 Å². The highest BCUT2D eigenvalue weighted by molar-refractivity contribution is 5.99. The smallest absolute Gasteiger partial charge is 0.368 e. The van der Waals surface area contributed by atoms with Crippen LogP contribution in [0.2, 0.25) is 0 Å².